The molecule has 22 heavy (non-hydrogen) atoms. The Labute approximate surface area is 132 Å². The van der Waals surface area contributed by atoms with Gasteiger partial charge in [-0.3, -0.25) is 9.59 Å². The second-order valence-electron chi connectivity index (χ2n) is 4.42. The van der Waals surface area contributed by atoms with Gasteiger partial charge in [-0.2, -0.15) is 5.26 Å². The van der Waals surface area contributed by atoms with Gasteiger partial charge in [0.15, 0.2) is 0 Å². The fourth-order valence-corrected chi connectivity index (χ4v) is 1.86. The van der Waals surface area contributed by atoms with Crippen LogP contribution in [0.2, 0.25) is 5.02 Å². The average Bonchev–Trinajstić information content (AvgIpc) is 2.54. The maximum Gasteiger partial charge on any atom is 0.313 e. The molecule has 6 heteroatoms. The second kappa shape index (κ2) is 7.25. The molecule has 110 valence electrons. The maximum absolute atomic E-state index is 11.8. The molecule has 0 atom stereocenters. The first kappa shape index (κ1) is 15.5. The zero-order chi connectivity index (χ0) is 15.9. The van der Waals surface area contributed by atoms with Crippen LogP contribution in [-0.2, 0) is 16.1 Å². The number of benzene rings is 2. The quantitative estimate of drug-likeness (QED) is 0.854. The summed E-state index contributed by atoms with van der Waals surface area (Å²) in [4.78, 5) is 23.6. The molecule has 0 aliphatic rings. The molecule has 2 aromatic carbocycles. The van der Waals surface area contributed by atoms with E-state index < -0.39 is 11.8 Å². The van der Waals surface area contributed by atoms with Crippen molar-refractivity contribution in [2.24, 2.45) is 0 Å². The molecule has 0 aromatic heterocycles. The number of hydrogen-bond acceptors (Lipinski definition) is 3. The summed E-state index contributed by atoms with van der Waals surface area (Å²) in [5.41, 5.74) is 1.42. The number of amides is 2. The van der Waals surface area contributed by atoms with Gasteiger partial charge in [-0.25, -0.2) is 0 Å². The molecule has 2 N–H and O–H groups in total. The van der Waals surface area contributed by atoms with Gasteiger partial charge >= 0.3 is 11.8 Å². The molecule has 2 aromatic rings. The summed E-state index contributed by atoms with van der Waals surface area (Å²) in [6.45, 7) is 0.212. The molecular weight excluding hydrogens is 302 g/mol. The van der Waals surface area contributed by atoms with E-state index in [1.807, 2.05) is 6.07 Å². The topological polar surface area (TPSA) is 82.0 Å². The number of nitrogens with zero attached hydrogens (tertiary/aromatic N) is 1. The minimum absolute atomic E-state index is 0.212. The first-order valence-corrected chi connectivity index (χ1v) is 6.80. The number of nitriles is 1. The van der Waals surface area contributed by atoms with Crippen LogP contribution in [0.1, 0.15) is 11.1 Å². The Bertz CT molecular complexity index is 736. The molecule has 2 rings (SSSR count). The predicted molar refractivity (Wildman–Crippen MR) is 83.1 cm³/mol. The summed E-state index contributed by atoms with van der Waals surface area (Å²) in [5.74, 6) is -1.60. The molecule has 0 aliphatic heterocycles. The highest BCUT2D eigenvalue weighted by atomic mass is 35.5. The third-order valence-electron chi connectivity index (χ3n) is 2.87. The normalized spacial score (nSPS) is 9.64. The Hall–Kier alpha value is -2.84. The molecule has 0 spiro atoms. The predicted octanol–water partition coefficient (Wildman–Crippen LogP) is 2.47. The lowest BCUT2D eigenvalue weighted by molar-refractivity contribution is -0.136. The summed E-state index contributed by atoms with van der Waals surface area (Å²) in [6, 6.07) is 15.3. The van der Waals surface area contributed by atoms with E-state index in [-0.39, 0.29) is 6.54 Å². The Morgan fingerprint density at radius 1 is 1.05 bits per heavy atom. The van der Waals surface area contributed by atoms with Crippen LogP contribution in [0.25, 0.3) is 0 Å². The van der Waals surface area contributed by atoms with Gasteiger partial charge in [0.2, 0.25) is 0 Å². The molecule has 0 saturated heterocycles. The highest BCUT2D eigenvalue weighted by Gasteiger charge is 2.14. The molecule has 0 saturated carbocycles. The SMILES string of the molecule is N#Cc1ccccc1NC(=O)C(=O)NCc1ccc(Cl)cc1. The Balaban J connectivity index is 1.94. The van der Waals surface area contributed by atoms with Crippen LogP contribution in [0.4, 0.5) is 5.69 Å². The monoisotopic (exact) mass is 313 g/mol. The van der Waals surface area contributed by atoms with Gasteiger partial charge in [0.25, 0.3) is 0 Å². The van der Waals surface area contributed by atoms with E-state index in [2.05, 4.69) is 10.6 Å². The Kier molecular flexibility index (Phi) is 5.12. The standard InChI is InChI=1S/C16H12ClN3O2/c17-13-7-5-11(6-8-13)10-19-15(21)16(22)20-14-4-2-1-3-12(14)9-18/h1-8H,10H2,(H,19,21)(H,20,22). The second-order valence-corrected chi connectivity index (χ2v) is 4.86. The smallest absolute Gasteiger partial charge is 0.313 e. The number of para-hydroxylation sites is 1. The van der Waals surface area contributed by atoms with E-state index in [4.69, 9.17) is 16.9 Å². The number of rotatable bonds is 3. The van der Waals surface area contributed by atoms with E-state index in [0.29, 0.717) is 16.3 Å². The van der Waals surface area contributed by atoms with Crippen LogP contribution in [0.3, 0.4) is 0 Å². The van der Waals surface area contributed by atoms with E-state index >= 15 is 0 Å². The summed E-state index contributed by atoms with van der Waals surface area (Å²) >= 11 is 5.77. The van der Waals surface area contributed by atoms with Crippen molar-refractivity contribution in [1.29, 1.82) is 5.26 Å². The molecule has 0 radical (unpaired) electrons. The Morgan fingerprint density at radius 3 is 2.41 bits per heavy atom. The lowest BCUT2D eigenvalue weighted by Crippen LogP contribution is -2.35. The van der Waals surface area contributed by atoms with Gasteiger partial charge in [0.1, 0.15) is 6.07 Å². The number of carbonyl (C=O) groups excluding carboxylic acids is 2. The molecule has 0 aliphatic carbocycles. The third kappa shape index (κ3) is 4.08. The zero-order valence-electron chi connectivity index (χ0n) is 11.5. The molecule has 0 fully saturated rings. The van der Waals surface area contributed by atoms with Gasteiger partial charge in [-0.1, -0.05) is 35.9 Å². The van der Waals surface area contributed by atoms with Gasteiger partial charge in [0, 0.05) is 11.6 Å². The molecule has 5 nitrogen and oxygen atoms in total. The first-order valence-electron chi connectivity index (χ1n) is 6.43. The minimum atomic E-state index is -0.823. The van der Waals surface area contributed by atoms with Crippen molar-refractivity contribution < 1.29 is 9.59 Å². The molecule has 2 amide bonds. The van der Waals surface area contributed by atoms with E-state index in [0.717, 1.165) is 5.56 Å². The van der Waals surface area contributed by atoms with Gasteiger partial charge in [-0.15, -0.1) is 0 Å². The zero-order valence-corrected chi connectivity index (χ0v) is 12.2. The van der Waals surface area contributed by atoms with E-state index in [9.17, 15) is 9.59 Å². The number of anilines is 1. The van der Waals surface area contributed by atoms with Gasteiger partial charge in [-0.05, 0) is 29.8 Å². The summed E-state index contributed by atoms with van der Waals surface area (Å²) in [7, 11) is 0. The maximum atomic E-state index is 11.8. The fraction of sp³-hybridized carbons (Fsp3) is 0.0625. The molecule has 0 unspecified atom stereocenters. The fourth-order valence-electron chi connectivity index (χ4n) is 1.73. The van der Waals surface area contributed by atoms with Crippen LogP contribution < -0.4 is 10.6 Å². The van der Waals surface area contributed by atoms with Crippen molar-refractivity contribution in [3.05, 3.63) is 64.7 Å². The number of carbonyl (C=O) groups is 2. The summed E-state index contributed by atoms with van der Waals surface area (Å²) in [5, 5.41) is 14.4. The van der Waals surface area contributed by atoms with Crippen LogP contribution in [0.15, 0.2) is 48.5 Å². The van der Waals surface area contributed by atoms with Crippen molar-refractivity contribution in [3.8, 4) is 6.07 Å². The van der Waals surface area contributed by atoms with Gasteiger partial charge in [0.05, 0.1) is 11.3 Å². The third-order valence-corrected chi connectivity index (χ3v) is 3.12. The number of halogens is 1. The van der Waals surface area contributed by atoms with Crippen molar-refractivity contribution in [3.63, 3.8) is 0 Å². The average molecular weight is 314 g/mol. The van der Waals surface area contributed by atoms with Crippen LogP contribution >= 0.6 is 11.6 Å². The highest BCUT2D eigenvalue weighted by Crippen LogP contribution is 2.13. The van der Waals surface area contributed by atoms with E-state index in [1.165, 1.54) is 0 Å². The molecule has 0 bridgehead atoms. The van der Waals surface area contributed by atoms with Crippen molar-refractivity contribution in [1.82, 2.24) is 5.32 Å². The van der Waals surface area contributed by atoms with Crippen molar-refractivity contribution in [2.45, 2.75) is 6.54 Å². The van der Waals surface area contributed by atoms with Gasteiger partial charge < -0.3 is 10.6 Å². The first-order chi connectivity index (χ1) is 10.6. The lowest BCUT2D eigenvalue weighted by Gasteiger charge is -2.07. The number of nitrogens with one attached hydrogen (secondary N) is 2. The van der Waals surface area contributed by atoms with E-state index in [1.54, 1.807) is 48.5 Å². The van der Waals surface area contributed by atoms with Crippen molar-refractivity contribution in [2.75, 3.05) is 5.32 Å². The lowest BCUT2D eigenvalue weighted by atomic mass is 10.2. The van der Waals surface area contributed by atoms with Crippen molar-refractivity contribution >= 4 is 29.1 Å². The van der Waals surface area contributed by atoms with Crippen LogP contribution in [0, 0.1) is 11.3 Å². The highest BCUT2D eigenvalue weighted by molar-refractivity contribution is 6.39. The number of hydrogen-bond donors (Lipinski definition) is 2. The minimum Gasteiger partial charge on any atom is -0.344 e. The summed E-state index contributed by atoms with van der Waals surface area (Å²) < 4.78 is 0. The largest absolute Gasteiger partial charge is 0.344 e. The Morgan fingerprint density at radius 2 is 1.73 bits per heavy atom. The molecular formula is C16H12ClN3O2. The summed E-state index contributed by atoms with van der Waals surface area (Å²) in [6.07, 6.45) is 0. The van der Waals surface area contributed by atoms with Crippen LogP contribution in [0.5, 0.6) is 0 Å². The molecule has 0 heterocycles. The van der Waals surface area contributed by atoms with Crippen LogP contribution in [-0.4, -0.2) is 11.8 Å².